The summed E-state index contributed by atoms with van der Waals surface area (Å²) in [5, 5.41) is 10.6. The Morgan fingerprint density at radius 2 is 2.29 bits per heavy atom. The summed E-state index contributed by atoms with van der Waals surface area (Å²) in [6.45, 7) is 0. The van der Waals surface area contributed by atoms with Gasteiger partial charge in [0.15, 0.2) is 0 Å². The first-order valence-electron chi connectivity index (χ1n) is 3.58. The number of pyridine rings is 1. The van der Waals surface area contributed by atoms with Gasteiger partial charge in [0.2, 0.25) is 0 Å². The van der Waals surface area contributed by atoms with Crippen LogP contribution in [-0.2, 0) is 0 Å². The molecule has 1 aromatic rings. The normalized spacial score (nSPS) is 11.2. The molecule has 0 atom stereocenters. The summed E-state index contributed by atoms with van der Waals surface area (Å²) in [4.78, 5) is 4.03. The number of hydrogen-bond acceptors (Lipinski definition) is 3. The van der Waals surface area contributed by atoms with E-state index in [0.717, 1.165) is 0 Å². The van der Waals surface area contributed by atoms with Gasteiger partial charge in [-0.1, -0.05) is 11.6 Å². The average molecular weight is 339 g/mol. The highest BCUT2D eigenvalue weighted by atomic mass is 79.9. The second-order valence-corrected chi connectivity index (χ2v) is 4.41. The Hall–Kier alpha value is -0.390. The standard InChI is InChI=1S/C8H6Br2ClN3/c9-6(12)4-7(10)14-8-5(11)2-1-3-13-8/h1-4,12H,(H,13,14)/b7-4-,12-6?. The van der Waals surface area contributed by atoms with Gasteiger partial charge in [-0.25, -0.2) is 4.98 Å². The van der Waals surface area contributed by atoms with Crippen LogP contribution in [0.5, 0.6) is 0 Å². The zero-order chi connectivity index (χ0) is 10.6. The van der Waals surface area contributed by atoms with Crippen LogP contribution in [0.25, 0.3) is 0 Å². The molecule has 6 heteroatoms. The van der Waals surface area contributed by atoms with E-state index in [1.807, 2.05) is 0 Å². The fraction of sp³-hybridized carbons (Fsp3) is 0. The van der Waals surface area contributed by atoms with E-state index in [4.69, 9.17) is 17.0 Å². The van der Waals surface area contributed by atoms with Crippen LogP contribution >= 0.6 is 43.5 Å². The van der Waals surface area contributed by atoms with Crippen molar-refractivity contribution < 1.29 is 0 Å². The number of allylic oxidation sites excluding steroid dienone is 1. The minimum Gasteiger partial charge on any atom is -0.333 e. The summed E-state index contributed by atoms with van der Waals surface area (Å²) in [5.74, 6) is 0.547. The molecule has 2 N–H and O–H groups in total. The lowest BCUT2D eigenvalue weighted by Crippen LogP contribution is -1.97. The Labute approximate surface area is 103 Å². The van der Waals surface area contributed by atoms with E-state index < -0.39 is 0 Å². The minimum atomic E-state index is 0.254. The summed E-state index contributed by atoms with van der Waals surface area (Å²) in [6.07, 6.45) is 3.18. The van der Waals surface area contributed by atoms with Crippen molar-refractivity contribution in [2.24, 2.45) is 0 Å². The van der Waals surface area contributed by atoms with Crippen LogP contribution in [0.15, 0.2) is 29.0 Å². The first-order chi connectivity index (χ1) is 6.59. The topological polar surface area (TPSA) is 48.8 Å². The third-order valence-corrected chi connectivity index (χ3v) is 2.21. The smallest absolute Gasteiger partial charge is 0.149 e. The summed E-state index contributed by atoms with van der Waals surface area (Å²) in [7, 11) is 0. The highest BCUT2D eigenvalue weighted by Gasteiger charge is 2.00. The zero-order valence-corrected chi connectivity index (χ0v) is 10.8. The van der Waals surface area contributed by atoms with Crippen LogP contribution in [-0.4, -0.2) is 9.60 Å². The van der Waals surface area contributed by atoms with Crippen molar-refractivity contribution in [2.45, 2.75) is 0 Å². The molecule has 74 valence electrons. The van der Waals surface area contributed by atoms with E-state index in [9.17, 15) is 0 Å². The van der Waals surface area contributed by atoms with E-state index >= 15 is 0 Å². The van der Waals surface area contributed by atoms with Crippen LogP contribution in [0.1, 0.15) is 0 Å². The molecule has 1 aromatic heterocycles. The van der Waals surface area contributed by atoms with Gasteiger partial charge in [-0.15, -0.1) is 0 Å². The van der Waals surface area contributed by atoms with Gasteiger partial charge >= 0.3 is 0 Å². The third-order valence-electron chi connectivity index (χ3n) is 1.25. The van der Waals surface area contributed by atoms with Crippen LogP contribution < -0.4 is 5.32 Å². The maximum Gasteiger partial charge on any atom is 0.149 e. The maximum atomic E-state index is 7.16. The van der Waals surface area contributed by atoms with E-state index in [0.29, 0.717) is 15.4 Å². The van der Waals surface area contributed by atoms with Crippen molar-refractivity contribution in [1.82, 2.24) is 4.98 Å². The predicted molar refractivity (Wildman–Crippen MR) is 66.5 cm³/mol. The first-order valence-corrected chi connectivity index (χ1v) is 5.55. The van der Waals surface area contributed by atoms with Crippen LogP contribution in [0, 0.1) is 5.41 Å². The van der Waals surface area contributed by atoms with Gasteiger partial charge in [0.25, 0.3) is 0 Å². The van der Waals surface area contributed by atoms with Gasteiger partial charge < -0.3 is 5.32 Å². The molecule has 0 amide bonds. The van der Waals surface area contributed by atoms with Crippen molar-refractivity contribution in [2.75, 3.05) is 5.32 Å². The first kappa shape index (κ1) is 11.7. The van der Waals surface area contributed by atoms with Crippen LogP contribution in [0.3, 0.4) is 0 Å². The highest BCUT2D eigenvalue weighted by Crippen LogP contribution is 2.20. The second-order valence-electron chi connectivity index (χ2n) is 2.30. The van der Waals surface area contributed by atoms with Crippen molar-refractivity contribution in [3.05, 3.63) is 34.0 Å². The quantitative estimate of drug-likeness (QED) is 0.651. The lowest BCUT2D eigenvalue weighted by molar-refractivity contribution is 1.30. The van der Waals surface area contributed by atoms with Gasteiger partial charge in [-0.05, 0) is 44.0 Å². The van der Waals surface area contributed by atoms with E-state index in [-0.39, 0.29) is 4.62 Å². The Morgan fingerprint density at radius 3 is 2.86 bits per heavy atom. The molecule has 0 aromatic carbocycles. The lowest BCUT2D eigenvalue weighted by Gasteiger charge is -2.04. The lowest BCUT2D eigenvalue weighted by atomic mass is 10.4. The predicted octanol–water partition coefficient (Wildman–Crippen LogP) is 3.76. The molecule has 0 aliphatic rings. The third kappa shape index (κ3) is 3.77. The molecular weight excluding hydrogens is 333 g/mol. The molecule has 0 spiro atoms. The molecule has 0 aliphatic heterocycles. The Kier molecular flexibility index (Phi) is 4.57. The summed E-state index contributed by atoms with van der Waals surface area (Å²) in [6, 6.07) is 3.48. The molecule has 3 nitrogen and oxygen atoms in total. The van der Waals surface area contributed by atoms with E-state index in [1.54, 1.807) is 24.4 Å². The number of anilines is 1. The minimum absolute atomic E-state index is 0.254. The molecular formula is C8H6Br2ClN3. The summed E-state index contributed by atoms with van der Waals surface area (Å²) >= 11 is 12.1. The number of hydrogen-bond donors (Lipinski definition) is 2. The van der Waals surface area contributed by atoms with Crippen molar-refractivity contribution >= 4 is 53.9 Å². The molecule has 1 heterocycles. The van der Waals surface area contributed by atoms with Gasteiger partial charge in [0, 0.05) is 12.3 Å². The molecule has 0 aliphatic carbocycles. The molecule has 0 fully saturated rings. The Bertz CT molecular complexity index is 379. The van der Waals surface area contributed by atoms with E-state index in [2.05, 4.69) is 42.2 Å². The van der Waals surface area contributed by atoms with Gasteiger partial charge in [-0.2, -0.15) is 0 Å². The molecule has 0 radical (unpaired) electrons. The second kappa shape index (κ2) is 5.48. The van der Waals surface area contributed by atoms with Crippen molar-refractivity contribution in [1.29, 1.82) is 5.41 Å². The van der Waals surface area contributed by atoms with Crippen molar-refractivity contribution in [3.63, 3.8) is 0 Å². The number of rotatable bonds is 3. The van der Waals surface area contributed by atoms with E-state index in [1.165, 1.54) is 0 Å². The van der Waals surface area contributed by atoms with Crippen LogP contribution in [0.4, 0.5) is 5.82 Å². The van der Waals surface area contributed by atoms with Gasteiger partial charge in [0.05, 0.1) is 14.2 Å². The molecule has 0 saturated carbocycles. The molecule has 0 bridgehead atoms. The number of nitrogens with one attached hydrogen (secondary N) is 2. The van der Waals surface area contributed by atoms with Crippen molar-refractivity contribution in [3.8, 4) is 0 Å². The molecule has 0 saturated heterocycles. The van der Waals surface area contributed by atoms with Crippen LogP contribution in [0.2, 0.25) is 5.02 Å². The Morgan fingerprint density at radius 1 is 1.57 bits per heavy atom. The summed E-state index contributed by atoms with van der Waals surface area (Å²) in [5.41, 5.74) is 0. The SMILES string of the molecule is N=C(Br)/C=C(/Br)Nc1ncccc1Cl. The number of halogens is 3. The van der Waals surface area contributed by atoms with Gasteiger partial charge in [0.1, 0.15) is 5.82 Å². The zero-order valence-electron chi connectivity index (χ0n) is 6.89. The number of nitrogens with zero attached hydrogens (tertiary/aromatic N) is 1. The fourth-order valence-corrected chi connectivity index (χ4v) is 1.86. The summed E-state index contributed by atoms with van der Waals surface area (Å²) < 4.78 is 0.865. The number of aromatic nitrogens is 1. The average Bonchev–Trinajstić information content (AvgIpc) is 2.07. The Balaban J connectivity index is 2.79. The monoisotopic (exact) mass is 337 g/mol. The van der Waals surface area contributed by atoms with Gasteiger partial charge in [-0.3, -0.25) is 5.41 Å². The molecule has 0 unspecified atom stereocenters. The molecule has 1 rings (SSSR count). The molecule has 14 heavy (non-hydrogen) atoms. The largest absolute Gasteiger partial charge is 0.333 e. The highest BCUT2D eigenvalue weighted by molar-refractivity contribution is 9.18. The fourth-order valence-electron chi connectivity index (χ4n) is 0.738. The maximum absolute atomic E-state index is 7.16.